The van der Waals surface area contributed by atoms with Gasteiger partial charge in [0.25, 0.3) is 0 Å². The Bertz CT molecular complexity index is 1770. The third-order valence-electron chi connectivity index (χ3n) is 10.7. The van der Waals surface area contributed by atoms with Gasteiger partial charge in [-0.25, -0.2) is 4.79 Å². The van der Waals surface area contributed by atoms with Crippen molar-refractivity contribution in [3.63, 3.8) is 0 Å². The molecule has 5 nitrogen and oxygen atoms in total. The molecule has 2 aliphatic heterocycles. The van der Waals surface area contributed by atoms with Gasteiger partial charge in [-0.3, -0.25) is 4.99 Å². The van der Waals surface area contributed by atoms with Crippen molar-refractivity contribution in [3.05, 3.63) is 105 Å². The molecular weight excluding hydrogens is 590 g/mol. The van der Waals surface area contributed by atoms with Crippen LogP contribution < -0.4 is 20.1 Å². The molecule has 0 aromatic heterocycles. The molecule has 5 rings (SSSR count). The van der Waals surface area contributed by atoms with E-state index in [4.69, 9.17) is 4.99 Å². The second kappa shape index (κ2) is 14.3. The van der Waals surface area contributed by atoms with E-state index >= 15 is 0 Å². The number of carboxylic acids is 1. The fourth-order valence-electron chi connectivity index (χ4n) is 7.83. The van der Waals surface area contributed by atoms with Crippen LogP contribution in [0.25, 0.3) is 6.58 Å². The summed E-state index contributed by atoms with van der Waals surface area (Å²) in [7, 11) is 0. The topological polar surface area (TPSA) is 55.9 Å². The van der Waals surface area contributed by atoms with Gasteiger partial charge in [-0.2, -0.15) is 6.08 Å². The highest BCUT2D eigenvalue weighted by atomic mass is 16.4. The predicted molar refractivity (Wildman–Crippen MR) is 202 cm³/mol. The summed E-state index contributed by atoms with van der Waals surface area (Å²) in [6.07, 6.45) is 16.6. The molecular formula is C43H57N3O2. The molecule has 1 saturated carbocycles. The summed E-state index contributed by atoms with van der Waals surface area (Å²) in [5.74, 6) is -0.847. The molecule has 1 fully saturated rings. The van der Waals surface area contributed by atoms with Crippen LogP contribution in [0, 0.1) is 18.9 Å². The van der Waals surface area contributed by atoms with Crippen molar-refractivity contribution in [2.45, 2.75) is 117 Å². The zero-order valence-electron chi connectivity index (χ0n) is 30.7. The molecule has 0 radical (unpaired) electrons. The van der Waals surface area contributed by atoms with Crippen molar-refractivity contribution in [2.75, 3.05) is 18.0 Å². The summed E-state index contributed by atoms with van der Waals surface area (Å²) in [6.45, 7) is 23.8. The van der Waals surface area contributed by atoms with Gasteiger partial charge in [-0.15, -0.1) is 6.08 Å². The maximum atomic E-state index is 12.1. The summed E-state index contributed by atoms with van der Waals surface area (Å²) in [5, 5.41) is 12.2. The molecule has 2 heterocycles. The second-order valence-electron chi connectivity index (χ2n) is 15.1. The third-order valence-corrected chi connectivity index (χ3v) is 10.7. The Kier molecular flexibility index (Phi) is 10.6. The molecule has 5 heteroatoms. The SMILES string of the molecule is C=c1ccc2c(c1)C(C)(C)[C-](/C=C/C1CCC/C(=C\C=C3/N(CCCC)c4ccc(C)cc4C3(C)C)C1=NC(C)C(=O)O)[N+]=2CCCC. The number of allylic oxidation sites excluding steroid dienone is 5. The molecule has 0 saturated heterocycles. The number of benzene rings is 2. The van der Waals surface area contributed by atoms with Crippen LogP contribution in [-0.2, 0) is 15.6 Å². The second-order valence-corrected chi connectivity index (χ2v) is 15.1. The molecule has 0 amide bonds. The first kappa shape index (κ1) is 35.4. The normalized spacial score (nSPS) is 23.0. The minimum Gasteiger partial charge on any atom is -0.480 e. The predicted octanol–water partition coefficient (Wildman–Crippen LogP) is 8.20. The van der Waals surface area contributed by atoms with Crippen molar-refractivity contribution in [2.24, 2.45) is 10.9 Å². The lowest BCUT2D eigenvalue weighted by molar-refractivity contribution is -0.137. The number of hydrogen-bond donors (Lipinski definition) is 1. The first-order valence-electron chi connectivity index (χ1n) is 18.2. The number of hydrogen-bond acceptors (Lipinski definition) is 3. The quantitative estimate of drug-likeness (QED) is 0.198. The zero-order chi connectivity index (χ0) is 34.8. The fraction of sp³-hybridized carbons (Fsp3) is 0.488. The maximum absolute atomic E-state index is 12.1. The van der Waals surface area contributed by atoms with Crippen molar-refractivity contribution in [1.29, 1.82) is 0 Å². The molecule has 2 aromatic carbocycles. The lowest BCUT2D eigenvalue weighted by Gasteiger charge is -2.31. The van der Waals surface area contributed by atoms with Crippen LogP contribution in [0.1, 0.15) is 110 Å². The molecule has 3 aliphatic rings. The third kappa shape index (κ3) is 6.84. The Hall–Kier alpha value is -3.86. The van der Waals surface area contributed by atoms with Gasteiger partial charge >= 0.3 is 5.97 Å². The van der Waals surface area contributed by atoms with E-state index in [9.17, 15) is 9.90 Å². The van der Waals surface area contributed by atoms with E-state index in [0.717, 1.165) is 74.5 Å². The number of carboxylic acid groups (broad SMARTS) is 1. The number of unbranched alkanes of at least 4 members (excludes halogenated alkanes) is 2. The Labute approximate surface area is 289 Å². The summed E-state index contributed by atoms with van der Waals surface area (Å²) in [6, 6.07) is 13.9. The van der Waals surface area contributed by atoms with Gasteiger partial charge in [0.1, 0.15) is 17.9 Å². The minimum absolute atomic E-state index is 0.0428. The van der Waals surface area contributed by atoms with E-state index in [2.05, 4.69) is 125 Å². The molecule has 0 spiro atoms. The molecule has 2 atom stereocenters. The monoisotopic (exact) mass is 647 g/mol. The molecule has 1 N–H and O–H groups in total. The highest BCUT2D eigenvalue weighted by Crippen LogP contribution is 2.48. The summed E-state index contributed by atoms with van der Waals surface area (Å²) in [4.78, 5) is 19.5. The molecule has 2 unspecified atom stereocenters. The Morgan fingerprint density at radius 1 is 1.10 bits per heavy atom. The van der Waals surface area contributed by atoms with Gasteiger partial charge in [0.15, 0.2) is 0 Å². The van der Waals surface area contributed by atoms with Crippen molar-refractivity contribution in [3.8, 4) is 0 Å². The van der Waals surface area contributed by atoms with E-state index in [1.165, 1.54) is 39.5 Å². The van der Waals surface area contributed by atoms with Crippen LogP contribution in [-0.4, -0.2) is 35.9 Å². The number of aliphatic carboxylic acids is 1. The van der Waals surface area contributed by atoms with Crippen LogP contribution >= 0.6 is 0 Å². The number of aliphatic imine (C=N–C) groups is 1. The van der Waals surface area contributed by atoms with Crippen molar-refractivity contribution < 1.29 is 9.90 Å². The fourth-order valence-corrected chi connectivity index (χ4v) is 7.83. The maximum Gasteiger partial charge on any atom is 0.328 e. The lowest BCUT2D eigenvalue weighted by atomic mass is 9.77. The van der Waals surface area contributed by atoms with Crippen LogP contribution in [0.3, 0.4) is 0 Å². The Morgan fingerprint density at radius 3 is 2.56 bits per heavy atom. The smallest absolute Gasteiger partial charge is 0.328 e. The van der Waals surface area contributed by atoms with Gasteiger partial charge < -0.3 is 14.6 Å². The molecule has 48 heavy (non-hydrogen) atoms. The van der Waals surface area contributed by atoms with Crippen molar-refractivity contribution in [1.82, 2.24) is 4.58 Å². The van der Waals surface area contributed by atoms with E-state index in [-0.39, 0.29) is 16.7 Å². The average Bonchev–Trinajstić information content (AvgIpc) is 3.38. The van der Waals surface area contributed by atoms with E-state index < -0.39 is 12.0 Å². The zero-order valence-corrected chi connectivity index (χ0v) is 30.7. The van der Waals surface area contributed by atoms with Crippen LogP contribution in [0.4, 0.5) is 5.69 Å². The van der Waals surface area contributed by atoms with E-state index in [1.54, 1.807) is 6.92 Å². The standard InChI is InChI=1S/C43H57N3O2/c1-10-12-25-45-36-21-17-29(3)27-34(36)42(6,7)38(45)23-19-32-15-14-16-33(40(32)44-31(5)41(47)48)20-24-39-43(8,9)35-28-30(4)18-22-37(35)46(39)26-13-11-2/h17-24,27-28,31-32H,3,10-16,25-26H2,1-2,4-9H3,(H,47,48)/b23-19+,33-20+,39-24-,44-40?. The summed E-state index contributed by atoms with van der Waals surface area (Å²) < 4.78 is 2.49. The van der Waals surface area contributed by atoms with Crippen molar-refractivity contribution >= 4 is 23.9 Å². The van der Waals surface area contributed by atoms with Crippen LogP contribution in [0.15, 0.2) is 77.0 Å². The highest BCUT2D eigenvalue weighted by molar-refractivity contribution is 6.04. The van der Waals surface area contributed by atoms with Gasteiger partial charge in [0, 0.05) is 40.9 Å². The number of aryl methyl sites for hydroxylation is 1. The number of rotatable bonds is 11. The minimum atomic E-state index is -0.890. The van der Waals surface area contributed by atoms with Crippen LogP contribution in [0.5, 0.6) is 0 Å². The first-order chi connectivity index (χ1) is 22.8. The van der Waals surface area contributed by atoms with Gasteiger partial charge in [-0.05, 0) is 79.2 Å². The Balaban J connectivity index is 1.55. The highest BCUT2D eigenvalue weighted by Gasteiger charge is 2.41. The number of nitrogens with zero attached hydrogens (tertiary/aromatic N) is 3. The van der Waals surface area contributed by atoms with Gasteiger partial charge in [-0.1, -0.05) is 103 Å². The van der Waals surface area contributed by atoms with Gasteiger partial charge in [0.2, 0.25) is 0 Å². The molecule has 0 bridgehead atoms. The summed E-state index contributed by atoms with van der Waals surface area (Å²) >= 11 is 0. The van der Waals surface area contributed by atoms with Crippen LogP contribution in [0.2, 0.25) is 0 Å². The van der Waals surface area contributed by atoms with Gasteiger partial charge in [0.05, 0.1) is 6.04 Å². The summed E-state index contributed by atoms with van der Waals surface area (Å²) in [5.41, 5.74) is 8.33. The first-order valence-corrected chi connectivity index (χ1v) is 18.2. The molecule has 1 aliphatic carbocycles. The number of carbonyl (C=O) groups is 1. The number of fused-ring (bicyclic) bond motifs is 2. The Morgan fingerprint density at radius 2 is 1.85 bits per heavy atom. The number of anilines is 1. The molecule has 256 valence electrons. The average molecular weight is 648 g/mol. The van der Waals surface area contributed by atoms with E-state index in [0.29, 0.717) is 0 Å². The lowest BCUT2D eigenvalue weighted by Crippen LogP contribution is -2.33. The largest absolute Gasteiger partial charge is 0.480 e. The van der Waals surface area contributed by atoms with E-state index in [1.807, 2.05) is 0 Å². The molecule has 2 aromatic rings.